The van der Waals surface area contributed by atoms with Crippen LogP contribution in [0.2, 0.25) is 0 Å². The highest BCUT2D eigenvalue weighted by atomic mass is 16.2. The number of likely N-dealkylation sites (tertiary alicyclic amines) is 1. The number of nitrogen functional groups attached to an aromatic ring is 1. The van der Waals surface area contributed by atoms with Crippen molar-refractivity contribution in [3.63, 3.8) is 0 Å². The molecule has 4 nitrogen and oxygen atoms in total. The molecule has 0 spiro atoms. The molecule has 1 aliphatic carbocycles. The van der Waals surface area contributed by atoms with Gasteiger partial charge in [-0.1, -0.05) is 6.42 Å². The molecule has 2 fully saturated rings. The first-order valence-corrected chi connectivity index (χ1v) is 6.25. The zero-order chi connectivity index (χ0) is 11.8. The van der Waals surface area contributed by atoms with Crippen molar-refractivity contribution in [1.82, 2.24) is 9.88 Å². The first-order chi connectivity index (χ1) is 8.24. The normalized spacial score (nSPS) is 27.2. The lowest BCUT2D eigenvalue weighted by Gasteiger charge is -2.17. The average Bonchev–Trinajstić information content (AvgIpc) is 2.88. The van der Waals surface area contributed by atoms with E-state index in [4.69, 9.17) is 5.73 Å². The second-order valence-electron chi connectivity index (χ2n) is 5.13. The van der Waals surface area contributed by atoms with E-state index in [1.54, 1.807) is 18.3 Å². The molecule has 0 aromatic carbocycles. The van der Waals surface area contributed by atoms with Crippen molar-refractivity contribution in [1.29, 1.82) is 0 Å². The predicted molar refractivity (Wildman–Crippen MR) is 65.4 cm³/mol. The molecule has 4 heteroatoms. The van der Waals surface area contributed by atoms with Gasteiger partial charge in [0.15, 0.2) is 0 Å². The molecular weight excluding hydrogens is 214 g/mol. The van der Waals surface area contributed by atoms with Crippen LogP contribution in [0.5, 0.6) is 0 Å². The van der Waals surface area contributed by atoms with Crippen molar-refractivity contribution in [3.05, 3.63) is 23.9 Å². The number of hydrogen-bond donors (Lipinski definition) is 1. The van der Waals surface area contributed by atoms with Crippen molar-refractivity contribution >= 4 is 11.7 Å². The summed E-state index contributed by atoms with van der Waals surface area (Å²) in [6.07, 6.45) is 5.50. The van der Waals surface area contributed by atoms with Gasteiger partial charge in [0.1, 0.15) is 5.82 Å². The number of carbonyl (C=O) groups is 1. The zero-order valence-corrected chi connectivity index (χ0v) is 9.80. The molecule has 1 amide bonds. The lowest BCUT2D eigenvalue weighted by molar-refractivity contribution is 0.0780. The van der Waals surface area contributed by atoms with Crippen LogP contribution in [0.15, 0.2) is 18.3 Å². The molecule has 3 rings (SSSR count). The van der Waals surface area contributed by atoms with Gasteiger partial charge in [-0.05, 0) is 36.8 Å². The summed E-state index contributed by atoms with van der Waals surface area (Å²) in [6.45, 7) is 1.84. The Balaban J connectivity index is 1.75. The summed E-state index contributed by atoms with van der Waals surface area (Å²) in [5.41, 5.74) is 6.27. The number of carbonyl (C=O) groups excluding carboxylic acids is 1. The Hall–Kier alpha value is -1.58. The van der Waals surface area contributed by atoms with E-state index >= 15 is 0 Å². The maximum Gasteiger partial charge on any atom is 0.254 e. The average molecular weight is 231 g/mol. The molecule has 2 heterocycles. The molecule has 17 heavy (non-hydrogen) atoms. The minimum Gasteiger partial charge on any atom is -0.384 e. The summed E-state index contributed by atoms with van der Waals surface area (Å²) in [5.74, 6) is 1.99. The van der Waals surface area contributed by atoms with Crippen molar-refractivity contribution in [2.75, 3.05) is 18.8 Å². The quantitative estimate of drug-likeness (QED) is 0.797. The Morgan fingerprint density at radius 2 is 2.06 bits per heavy atom. The van der Waals surface area contributed by atoms with Crippen molar-refractivity contribution in [3.8, 4) is 0 Å². The van der Waals surface area contributed by atoms with Crippen LogP contribution in [0.3, 0.4) is 0 Å². The van der Waals surface area contributed by atoms with Gasteiger partial charge in [0.2, 0.25) is 0 Å². The van der Waals surface area contributed by atoms with Crippen molar-refractivity contribution < 1.29 is 4.79 Å². The zero-order valence-electron chi connectivity index (χ0n) is 9.80. The van der Waals surface area contributed by atoms with Crippen LogP contribution < -0.4 is 5.73 Å². The molecular formula is C13H17N3O. The number of aromatic nitrogens is 1. The fourth-order valence-corrected chi connectivity index (χ4v) is 3.16. The van der Waals surface area contributed by atoms with E-state index in [0.29, 0.717) is 11.4 Å². The van der Waals surface area contributed by atoms with Gasteiger partial charge in [-0.25, -0.2) is 4.98 Å². The lowest BCUT2D eigenvalue weighted by atomic mass is 10.0. The second-order valence-corrected chi connectivity index (χ2v) is 5.13. The van der Waals surface area contributed by atoms with Crippen molar-refractivity contribution in [2.24, 2.45) is 11.8 Å². The summed E-state index contributed by atoms with van der Waals surface area (Å²) in [4.78, 5) is 18.2. The Bertz CT molecular complexity index is 434. The number of amides is 1. The maximum atomic E-state index is 12.3. The second kappa shape index (κ2) is 4.02. The van der Waals surface area contributed by atoms with Crippen LogP contribution in [0.4, 0.5) is 5.82 Å². The predicted octanol–water partition coefficient (Wildman–Crippen LogP) is 1.54. The molecule has 1 saturated carbocycles. The number of nitrogens with zero attached hydrogens (tertiary/aromatic N) is 2. The topological polar surface area (TPSA) is 59.2 Å². The third kappa shape index (κ3) is 1.88. The first-order valence-electron chi connectivity index (χ1n) is 6.25. The number of nitrogens with two attached hydrogens (primary N) is 1. The Morgan fingerprint density at radius 3 is 2.71 bits per heavy atom. The van der Waals surface area contributed by atoms with Gasteiger partial charge in [-0.2, -0.15) is 0 Å². The van der Waals surface area contributed by atoms with Gasteiger partial charge in [0.05, 0.1) is 0 Å². The Labute approximate surface area is 101 Å². The van der Waals surface area contributed by atoms with E-state index in [1.165, 1.54) is 19.3 Å². The highest BCUT2D eigenvalue weighted by Crippen LogP contribution is 2.38. The number of fused-ring (bicyclic) bond motifs is 1. The van der Waals surface area contributed by atoms with Gasteiger partial charge >= 0.3 is 0 Å². The van der Waals surface area contributed by atoms with Crippen LogP contribution in [-0.4, -0.2) is 28.9 Å². The molecule has 1 aromatic heterocycles. The van der Waals surface area contributed by atoms with Gasteiger partial charge in [-0.3, -0.25) is 4.79 Å². The number of anilines is 1. The fourth-order valence-electron chi connectivity index (χ4n) is 3.16. The smallest absolute Gasteiger partial charge is 0.254 e. The monoisotopic (exact) mass is 231 g/mol. The molecule has 2 unspecified atom stereocenters. The third-order valence-electron chi connectivity index (χ3n) is 4.04. The Kier molecular flexibility index (Phi) is 2.50. The van der Waals surface area contributed by atoms with E-state index < -0.39 is 0 Å². The SMILES string of the molecule is Nc1cc(C(=O)N2CC3CCCC3C2)ccn1. The highest BCUT2D eigenvalue weighted by Gasteiger charge is 2.38. The van der Waals surface area contributed by atoms with Gasteiger partial charge < -0.3 is 10.6 Å². The molecule has 1 aromatic rings. The first kappa shape index (κ1) is 10.6. The molecule has 2 aliphatic rings. The van der Waals surface area contributed by atoms with Gasteiger partial charge in [-0.15, -0.1) is 0 Å². The number of pyridine rings is 1. The maximum absolute atomic E-state index is 12.3. The summed E-state index contributed by atoms with van der Waals surface area (Å²) < 4.78 is 0. The van der Waals surface area contributed by atoms with Gasteiger partial charge in [0, 0.05) is 24.8 Å². The molecule has 1 aliphatic heterocycles. The van der Waals surface area contributed by atoms with Gasteiger partial charge in [0.25, 0.3) is 5.91 Å². The molecule has 0 bridgehead atoms. The molecule has 0 radical (unpaired) electrons. The van der Waals surface area contributed by atoms with Crippen LogP contribution in [0.25, 0.3) is 0 Å². The minimum absolute atomic E-state index is 0.105. The molecule has 2 N–H and O–H groups in total. The standard InChI is InChI=1S/C13H17N3O/c14-12-6-9(4-5-15-12)13(17)16-7-10-2-1-3-11(10)8-16/h4-6,10-11H,1-3,7-8H2,(H2,14,15). The third-order valence-corrected chi connectivity index (χ3v) is 4.04. The summed E-state index contributed by atoms with van der Waals surface area (Å²) in [6, 6.07) is 3.41. The van der Waals surface area contributed by atoms with E-state index in [1.807, 2.05) is 4.90 Å². The molecule has 90 valence electrons. The van der Waals surface area contributed by atoms with Crippen LogP contribution in [-0.2, 0) is 0 Å². The Morgan fingerprint density at radius 1 is 1.35 bits per heavy atom. The molecule has 1 saturated heterocycles. The van der Waals surface area contributed by atoms with E-state index in [-0.39, 0.29) is 5.91 Å². The van der Waals surface area contributed by atoms with E-state index in [9.17, 15) is 4.79 Å². The number of hydrogen-bond acceptors (Lipinski definition) is 3. The van der Waals surface area contributed by atoms with E-state index in [2.05, 4.69) is 4.98 Å². The summed E-state index contributed by atoms with van der Waals surface area (Å²) >= 11 is 0. The molecule has 2 atom stereocenters. The van der Waals surface area contributed by atoms with Crippen LogP contribution in [0.1, 0.15) is 29.6 Å². The lowest BCUT2D eigenvalue weighted by Crippen LogP contribution is -2.29. The minimum atomic E-state index is 0.105. The number of rotatable bonds is 1. The van der Waals surface area contributed by atoms with E-state index in [0.717, 1.165) is 24.9 Å². The van der Waals surface area contributed by atoms with Crippen molar-refractivity contribution in [2.45, 2.75) is 19.3 Å². The largest absolute Gasteiger partial charge is 0.384 e. The summed E-state index contributed by atoms with van der Waals surface area (Å²) in [7, 11) is 0. The van der Waals surface area contributed by atoms with Crippen LogP contribution >= 0.6 is 0 Å². The fraction of sp³-hybridized carbons (Fsp3) is 0.538. The summed E-state index contributed by atoms with van der Waals surface area (Å²) in [5, 5.41) is 0. The highest BCUT2D eigenvalue weighted by molar-refractivity contribution is 5.94. The van der Waals surface area contributed by atoms with Crippen LogP contribution in [0, 0.1) is 11.8 Å².